The maximum absolute atomic E-state index is 4.73. The van der Waals surface area contributed by atoms with Crippen molar-refractivity contribution in [3.05, 3.63) is 35.4 Å². The van der Waals surface area contributed by atoms with E-state index < -0.39 is 0 Å². The Morgan fingerprint density at radius 3 is 2.50 bits per heavy atom. The molecule has 1 atom stereocenters. The summed E-state index contributed by atoms with van der Waals surface area (Å²) in [6.45, 7) is 17.1. The zero-order valence-corrected chi connectivity index (χ0v) is 19.1. The molecule has 2 N–H and O–H groups in total. The number of guanidine groups is 1. The minimum atomic E-state index is 0. The van der Waals surface area contributed by atoms with Crippen molar-refractivity contribution in [2.45, 2.75) is 40.3 Å². The van der Waals surface area contributed by atoms with Gasteiger partial charge in [-0.05, 0) is 32.9 Å². The number of nitrogens with zero attached hydrogens (tertiary/aromatic N) is 3. The first-order valence-electron chi connectivity index (χ1n) is 9.66. The van der Waals surface area contributed by atoms with Crippen LogP contribution in [0.2, 0.25) is 0 Å². The molecule has 1 aliphatic heterocycles. The highest BCUT2D eigenvalue weighted by atomic mass is 127. The fourth-order valence-corrected chi connectivity index (χ4v) is 3.22. The van der Waals surface area contributed by atoms with Gasteiger partial charge >= 0.3 is 0 Å². The van der Waals surface area contributed by atoms with E-state index in [-0.39, 0.29) is 24.0 Å². The Kier molecular flexibility index (Phi) is 11.2. The predicted octanol–water partition coefficient (Wildman–Crippen LogP) is 2.69. The van der Waals surface area contributed by atoms with Gasteiger partial charge in [0.15, 0.2) is 5.96 Å². The molecule has 0 bridgehead atoms. The molecule has 0 aromatic heterocycles. The lowest BCUT2D eigenvalue weighted by molar-refractivity contribution is 0.107. The Labute approximate surface area is 176 Å². The maximum atomic E-state index is 4.73. The second kappa shape index (κ2) is 12.5. The molecule has 2 rings (SSSR count). The second-order valence-electron chi connectivity index (χ2n) is 6.88. The first kappa shape index (κ1) is 23.2. The molecule has 1 unspecified atom stereocenters. The Balaban J connectivity index is 0.00000338. The van der Waals surface area contributed by atoms with E-state index in [0.717, 1.165) is 38.7 Å². The third kappa shape index (κ3) is 7.80. The molecule has 1 heterocycles. The largest absolute Gasteiger partial charge is 0.357 e. The highest BCUT2D eigenvalue weighted by molar-refractivity contribution is 14.0. The van der Waals surface area contributed by atoms with Gasteiger partial charge in [-0.3, -0.25) is 4.90 Å². The van der Waals surface area contributed by atoms with Gasteiger partial charge in [0, 0.05) is 45.3 Å². The summed E-state index contributed by atoms with van der Waals surface area (Å²) in [6.07, 6.45) is 0. The molecule has 1 aromatic rings. The molecule has 0 spiro atoms. The van der Waals surface area contributed by atoms with Crippen molar-refractivity contribution in [3.63, 3.8) is 0 Å². The fraction of sp³-hybridized carbons (Fsp3) is 0.650. The van der Waals surface area contributed by atoms with Gasteiger partial charge in [-0.1, -0.05) is 36.8 Å². The molecule has 1 aromatic carbocycles. The third-order valence-corrected chi connectivity index (χ3v) is 4.89. The molecule has 1 aliphatic rings. The molecule has 5 nitrogen and oxygen atoms in total. The maximum Gasteiger partial charge on any atom is 0.191 e. The van der Waals surface area contributed by atoms with Crippen molar-refractivity contribution in [1.29, 1.82) is 0 Å². The summed E-state index contributed by atoms with van der Waals surface area (Å²) in [6, 6.07) is 9.07. The average Bonchev–Trinajstić information content (AvgIpc) is 2.64. The molecule has 1 fully saturated rings. The summed E-state index contributed by atoms with van der Waals surface area (Å²) in [4.78, 5) is 9.83. The van der Waals surface area contributed by atoms with Crippen LogP contribution in [0.1, 0.15) is 31.9 Å². The van der Waals surface area contributed by atoms with E-state index in [1.54, 1.807) is 0 Å². The van der Waals surface area contributed by atoms with Crippen molar-refractivity contribution < 1.29 is 0 Å². The second-order valence-corrected chi connectivity index (χ2v) is 6.88. The van der Waals surface area contributed by atoms with Crippen molar-refractivity contribution in [2.24, 2.45) is 4.99 Å². The quantitative estimate of drug-likeness (QED) is 0.363. The van der Waals surface area contributed by atoms with Crippen molar-refractivity contribution in [1.82, 2.24) is 20.4 Å². The highest BCUT2D eigenvalue weighted by Gasteiger charge is 2.20. The number of halogens is 1. The molecule has 0 saturated carbocycles. The lowest BCUT2D eigenvalue weighted by atomic mass is 10.1. The van der Waals surface area contributed by atoms with E-state index in [1.807, 2.05) is 0 Å². The topological polar surface area (TPSA) is 42.9 Å². The van der Waals surface area contributed by atoms with Gasteiger partial charge in [-0.25, -0.2) is 4.99 Å². The van der Waals surface area contributed by atoms with Crippen LogP contribution < -0.4 is 10.6 Å². The van der Waals surface area contributed by atoms with E-state index in [9.17, 15) is 0 Å². The lowest BCUT2D eigenvalue weighted by Gasteiger charge is -2.37. The van der Waals surface area contributed by atoms with Gasteiger partial charge in [-0.2, -0.15) is 0 Å². The molecule has 6 heteroatoms. The molecule has 148 valence electrons. The average molecular weight is 473 g/mol. The van der Waals surface area contributed by atoms with E-state index >= 15 is 0 Å². The Morgan fingerprint density at radius 2 is 1.88 bits per heavy atom. The van der Waals surface area contributed by atoms with E-state index in [4.69, 9.17) is 4.99 Å². The number of hydrogen-bond acceptors (Lipinski definition) is 3. The van der Waals surface area contributed by atoms with Crippen molar-refractivity contribution in [3.8, 4) is 0 Å². The SMILES string of the molecule is CCNC(=NCc1cccc(C)c1)NCC(C)N1CCN(CC)CC1.I. The summed E-state index contributed by atoms with van der Waals surface area (Å²) in [7, 11) is 0. The van der Waals surface area contributed by atoms with E-state index in [0.29, 0.717) is 12.6 Å². The molecule has 0 aliphatic carbocycles. The fourth-order valence-electron chi connectivity index (χ4n) is 3.22. The standard InChI is InChI=1S/C20H35N5.HI/c1-5-21-20(23-16-19-9-7-8-17(3)14-19)22-15-18(4)25-12-10-24(6-2)11-13-25;/h7-9,14,18H,5-6,10-13,15-16H2,1-4H3,(H2,21,22,23);1H. The van der Waals surface area contributed by atoms with Gasteiger partial charge in [0.25, 0.3) is 0 Å². The number of benzene rings is 1. The Morgan fingerprint density at radius 1 is 1.15 bits per heavy atom. The van der Waals surface area contributed by atoms with Crippen LogP contribution in [0.15, 0.2) is 29.3 Å². The van der Waals surface area contributed by atoms with Gasteiger partial charge < -0.3 is 15.5 Å². The first-order valence-corrected chi connectivity index (χ1v) is 9.66. The summed E-state index contributed by atoms with van der Waals surface area (Å²) < 4.78 is 0. The number of likely N-dealkylation sites (N-methyl/N-ethyl adjacent to an activating group) is 1. The van der Waals surface area contributed by atoms with Gasteiger partial charge in [-0.15, -0.1) is 24.0 Å². The number of rotatable bonds is 7. The van der Waals surface area contributed by atoms with Crippen molar-refractivity contribution >= 4 is 29.9 Å². The number of aryl methyl sites for hydroxylation is 1. The predicted molar refractivity (Wildman–Crippen MR) is 123 cm³/mol. The molecular weight excluding hydrogens is 437 g/mol. The van der Waals surface area contributed by atoms with E-state index in [1.165, 1.54) is 24.2 Å². The van der Waals surface area contributed by atoms with Crippen LogP contribution in [0.4, 0.5) is 0 Å². The Bertz CT molecular complexity index is 541. The minimum absolute atomic E-state index is 0. The van der Waals surface area contributed by atoms with Gasteiger partial charge in [0.2, 0.25) is 0 Å². The van der Waals surface area contributed by atoms with Crippen LogP contribution in [0.3, 0.4) is 0 Å². The first-order chi connectivity index (χ1) is 12.1. The minimum Gasteiger partial charge on any atom is -0.357 e. The van der Waals surface area contributed by atoms with Crippen LogP contribution in [0, 0.1) is 6.92 Å². The number of hydrogen-bond donors (Lipinski definition) is 2. The zero-order chi connectivity index (χ0) is 18.1. The summed E-state index contributed by atoms with van der Waals surface area (Å²) in [5, 5.41) is 6.87. The monoisotopic (exact) mass is 473 g/mol. The molecular formula is C20H36IN5. The van der Waals surface area contributed by atoms with Crippen molar-refractivity contribution in [2.75, 3.05) is 45.8 Å². The van der Waals surface area contributed by atoms with Crippen LogP contribution in [-0.2, 0) is 6.54 Å². The van der Waals surface area contributed by atoms with Crippen LogP contribution >= 0.6 is 24.0 Å². The normalized spacial score (nSPS) is 17.5. The number of piperazine rings is 1. The Hall–Kier alpha value is -0.860. The molecule has 0 radical (unpaired) electrons. The lowest BCUT2D eigenvalue weighted by Crippen LogP contribution is -2.53. The third-order valence-electron chi connectivity index (χ3n) is 4.89. The summed E-state index contributed by atoms with van der Waals surface area (Å²) >= 11 is 0. The highest BCUT2D eigenvalue weighted by Crippen LogP contribution is 2.06. The smallest absolute Gasteiger partial charge is 0.191 e. The van der Waals surface area contributed by atoms with Crippen LogP contribution in [-0.4, -0.2) is 67.6 Å². The molecule has 26 heavy (non-hydrogen) atoms. The number of nitrogens with one attached hydrogen (secondary N) is 2. The van der Waals surface area contributed by atoms with Crippen LogP contribution in [0.5, 0.6) is 0 Å². The van der Waals surface area contributed by atoms with Crippen LogP contribution in [0.25, 0.3) is 0 Å². The zero-order valence-electron chi connectivity index (χ0n) is 16.8. The number of aliphatic imine (C=N–C) groups is 1. The summed E-state index contributed by atoms with van der Waals surface area (Å²) in [5.74, 6) is 0.906. The molecule has 0 amide bonds. The summed E-state index contributed by atoms with van der Waals surface area (Å²) in [5.41, 5.74) is 2.53. The van der Waals surface area contributed by atoms with Gasteiger partial charge in [0.05, 0.1) is 6.54 Å². The molecule has 1 saturated heterocycles. The van der Waals surface area contributed by atoms with Gasteiger partial charge in [0.1, 0.15) is 0 Å². The van der Waals surface area contributed by atoms with E-state index in [2.05, 4.69) is 72.4 Å².